The van der Waals surface area contributed by atoms with Crippen molar-refractivity contribution in [1.29, 1.82) is 0 Å². The molecular formula is C34H38F2N4O6. The van der Waals surface area contributed by atoms with Crippen LogP contribution in [0.3, 0.4) is 0 Å². The third-order valence-electron chi connectivity index (χ3n) is 8.72. The first-order valence-corrected chi connectivity index (χ1v) is 15.8. The van der Waals surface area contributed by atoms with E-state index < -0.39 is 53.1 Å². The van der Waals surface area contributed by atoms with Gasteiger partial charge < -0.3 is 25.7 Å². The SMILES string of the molecule is O=C(NCc1cc(F)cc(F)c1)C(=O)[C@H](C[C@@H]1CCCNC1=O)NC(=O)[C@H](CC1CCCCC1)NC(=O)c1cc2ccccc2o1. The van der Waals surface area contributed by atoms with Crippen LogP contribution in [0.2, 0.25) is 0 Å². The Kier molecular flexibility index (Phi) is 10.8. The van der Waals surface area contributed by atoms with Gasteiger partial charge in [-0.25, -0.2) is 8.78 Å². The van der Waals surface area contributed by atoms with Crippen molar-refractivity contribution in [3.8, 4) is 0 Å². The van der Waals surface area contributed by atoms with Gasteiger partial charge >= 0.3 is 0 Å². The Morgan fingerprint density at radius 3 is 2.33 bits per heavy atom. The van der Waals surface area contributed by atoms with Gasteiger partial charge in [-0.2, -0.15) is 0 Å². The molecule has 3 atom stereocenters. The molecule has 1 aliphatic heterocycles. The Labute approximate surface area is 265 Å². The molecule has 2 aromatic carbocycles. The second-order valence-corrected chi connectivity index (χ2v) is 12.2. The number of furan rings is 1. The first-order chi connectivity index (χ1) is 22.2. The van der Waals surface area contributed by atoms with Crippen LogP contribution in [-0.4, -0.2) is 48.0 Å². The number of rotatable bonds is 12. The predicted molar refractivity (Wildman–Crippen MR) is 164 cm³/mol. The van der Waals surface area contributed by atoms with Crippen LogP contribution in [0.4, 0.5) is 8.78 Å². The molecule has 1 aliphatic carbocycles. The number of hydrogen-bond acceptors (Lipinski definition) is 6. The number of Topliss-reactive ketones (excluding diaryl/α,β-unsaturated/α-hetero) is 1. The van der Waals surface area contributed by atoms with E-state index in [0.717, 1.165) is 49.6 Å². The Morgan fingerprint density at radius 1 is 0.870 bits per heavy atom. The summed E-state index contributed by atoms with van der Waals surface area (Å²) >= 11 is 0. The number of para-hydroxylation sites is 1. The Morgan fingerprint density at radius 2 is 1.61 bits per heavy atom. The van der Waals surface area contributed by atoms with Gasteiger partial charge in [0.05, 0.1) is 6.04 Å². The zero-order valence-corrected chi connectivity index (χ0v) is 25.4. The van der Waals surface area contributed by atoms with Gasteiger partial charge in [-0.15, -0.1) is 0 Å². The highest BCUT2D eigenvalue weighted by atomic mass is 19.1. The van der Waals surface area contributed by atoms with E-state index in [0.29, 0.717) is 37.5 Å². The summed E-state index contributed by atoms with van der Waals surface area (Å²) < 4.78 is 33.0. The lowest BCUT2D eigenvalue weighted by atomic mass is 9.84. The molecule has 0 unspecified atom stereocenters. The quantitative estimate of drug-likeness (QED) is 0.221. The maximum absolute atomic E-state index is 13.8. The molecule has 1 aromatic heterocycles. The molecule has 1 saturated carbocycles. The third kappa shape index (κ3) is 8.55. The lowest BCUT2D eigenvalue weighted by molar-refractivity contribution is -0.141. The molecule has 5 rings (SSSR count). The lowest BCUT2D eigenvalue weighted by Crippen LogP contribution is -2.55. The molecule has 4 N–H and O–H groups in total. The van der Waals surface area contributed by atoms with Crippen molar-refractivity contribution in [2.45, 2.75) is 76.4 Å². The van der Waals surface area contributed by atoms with E-state index in [1.165, 1.54) is 0 Å². The largest absolute Gasteiger partial charge is 0.451 e. The number of hydrogen-bond donors (Lipinski definition) is 4. The zero-order valence-electron chi connectivity index (χ0n) is 25.4. The molecule has 46 heavy (non-hydrogen) atoms. The van der Waals surface area contributed by atoms with Crippen LogP contribution in [0.1, 0.15) is 73.9 Å². The molecule has 1 saturated heterocycles. The van der Waals surface area contributed by atoms with E-state index in [1.807, 2.05) is 6.07 Å². The predicted octanol–water partition coefficient (Wildman–Crippen LogP) is 4.07. The average Bonchev–Trinajstić information content (AvgIpc) is 3.48. The Hall–Kier alpha value is -4.61. The molecule has 12 heteroatoms. The number of fused-ring (bicyclic) bond motifs is 1. The van der Waals surface area contributed by atoms with Crippen molar-refractivity contribution >= 4 is 40.4 Å². The van der Waals surface area contributed by atoms with Gasteiger partial charge in [0, 0.05) is 30.5 Å². The molecule has 0 spiro atoms. The summed E-state index contributed by atoms with van der Waals surface area (Å²) in [6, 6.07) is 9.02. The summed E-state index contributed by atoms with van der Waals surface area (Å²) in [5.74, 6) is -5.75. The Balaban J connectivity index is 1.33. The topological polar surface area (TPSA) is 147 Å². The number of amides is 4. The minimum absolute atomic E-state index is 0.0299. The monoisotopic (exact) mass is 636 g/mol. The molecule has 3 aromatic rings. The Bertz CT molecular complexity index is 1550. The fourth-order valence-corrected chi connectivity index (χ4v) is 6.30. The van der Waals surface area contributed by atoms with Crippen molar-refractivity contribution in [2.75, 3.05) is 6.54 Å². The van der Waals surface area contributed by atoms with Crippen LogP contribution in [-0.2, 0) is 25.7 Å². The summed E-state index contributed by atoms with van der Waals surface area (Å²) in [6.45, 7) is 0.157. The molecule has 2 heterocycles. The molecule has 0 radical (unpaired) electrons. The van der Waals surface area contributed by atoms with E-state index in [4.69, 9.17) is 4.42 Å². The van der Waals surface area contributed by atoms with Crippen molar-refractivity contribution in [1.82, 2.24) is 21.3 Å². The van der Waals surface area contributed by atoms with Gasteiger partial charge in [0.2, 0.25) is 17.6 Å². The highest BCUT2D eigenvalue weighted by Crippen LogP contribution is 2.28. The third-order valence-corrected chi connectivity index (χ3v) is 8.72. The van der Waals surface area contributed by atoms with E-state index in [2.05, 4.69) is 21.3 Å². The molecule has 2 fully saturated rings. The fraction of sp³-hybridized carbons (Fsp3) is 0.441. The van der Waals surface area contributed by atoms with Gasteiger partial charge in [-0.1, -0.05) is 50.3 Å². The van der Waals surface area contributed by atoms with Gasteiger partial charge in [0.1, 0.15) is 23.3 Å². The maximum Gasteiger partial charge on any atom is 0.289 e. The minimum atomic E-state index is -1.39. The van der Waals surface area contributed by atoms with Crippen LogP contribution >= 0.6 is 0 Å². The number of carbonyl (C=O) groups excluding carboxylic acids is 5. The fourth-order valence-electron chi connectivity index (χ4n) is 6.30. The van der Waals surface area contributed by atoms with Crippen LogP contribution < -0.4 is 21.3 Å². The van der Waals surface area contributed by atoms with Crippen LogP contribution in [0.5, 0.6) is 0 Å². The minimum Gasteiger partial charge on any atom is -0.451 e. The summed E-state index contributed by atoms with van der Waals surface area (Å²) in [6.07, 6.45) is 6.19. The highest BCUT2D eigenvalue weighted by Gasteiger charge is 2.36. The number of ketones is 1. The van der Waals surface area contributed by atoms with Gasteiger partial charge in [0.25, 0.3) is 11.8 Å². The van der Waals surface area contributed by atoms with Crippen LogP contribution in [0, 0.1) is 23.5 Å². The molecule has 2 aliphatic rings. The normalized spacial score (nSPS) is 18.3. The average molecular weight is 637 g/mol. The highest BCUT2D eigenvalue weighted by molar-refractivity contribution is 6.38. The molecule has 4 amide bonds. The van der Waals surface area contributed by atoms with Crippen molar-refractivity contribution in [2.24, 2.45) is 11.8 Å². The molecule has 0 bridgehead atoms. The standard InChI is InChI=1S/C34H38F2N4O6/c35-24-13-21(14-25(36)18-24)19-38-34(45)30(41)26(16-23-10-6-12-37-31(23)42)39-32(43)27(15-20-7-2-1-3-8-20)40-33(44)29-17-22-9-4-5-11-28(22)46-29/h4-5,9,11,13-14,17-18,20,23,26-27H,1-3,6-8,10,12,15-16,19H2,(H,37,42)(H,38,45)(H,39,43)(H,40,44)/t23-,26-,27-/m0/s1. The van der Waals surface area contributed by atoms with E-state index in [-0.39, 0.29) is 36.1 Å². The van der Waals surface area contributed by atoms with Crippen molar-refractivity contribution in [3.05, 3.63) is 71.5 Å². The summed E-state index contributed by atoms with van der Waals surface area (Å²) in [5, 5.41) is 11.3. The number of piperidine rings is 1. The first kappa shape index (κ1) is 32.8. The molecule has 10 nitrogen and oxygen atoms in total. The van der Waals surface area contributed by atoms with Crippen molar-refractivity contribution in [3.63, 3.8) is 0 Å². The van der Waals surface area contributed by atoms with Crippen LogP contribution in [0.15, 0.2) is 52.9 Å². The molecular weight excluding hydrogens is 598 g/mol. The summed E-state index contributed by atoms with van der Waals surface area (Å²) in [7, 11) is 0. The molecule has 244 valence electrons. The van der Waals surface area contributed by atoms with Gasteiger partial charge in [-0.3, -0.25) is 24.0 Å². The van der Waals surface area contributed by atoms with Crippen LogP contribution in [0.25, 0.3) is 11.0 Å². The van der Waals surface area contributed by atoms with E-state index in [9.17, 15) is 32.8 Å². The van der Waals surface area contributed by atoms with Gasteiger partial charge in [0.15, 0.2) is 5.76 Å². The smallest absolute Gasteiger partial charge is 0.289 e. The maximum atomic E-state index is 13.8. The van der Waals surface area contributed by atoms with Crippen molar-refractivity contribution < 1.29 is 37.2 Å². The summed E-state index contributed by atoms with van der Waals surface area (Å²) in [5.41, 5.74) is 0.621. The first-order valence-electron chi connectivity index (χ1n) is 15.8. The second kappa shape index (κ2) is 15.1. The number of nitrogens with one attached hydrogen (secondary N) is 4. The lowest BCUT2D eigenvalue weighted by Gasteiger charge is -2.29. The number of carbonyl (C=O) groups is 5. The number of halogens is 2. The van der Waals surface area contributed by atoms with Gasteiger partial charge in [-0.05, 0) is 61.4 Å². The van der Waals surface area contributed by atoms with E-state index >= 15 is 0 Å². The van der Waals surface area contributed by atoms with E-state index in [1.54, 1.807) is 24.3 Å². The summed E-state index contributed by atoms with van der Waals surface area (Å²) in [4.78, 5) is 66.2. The number of benzene rings is 2. The second-order valence-electron chi connectivity index (χ2n) is 12.2. The zero-order chi connectivity index (χ0) is 32.6.